The van der Waals surface area contributed by atoms with Gasteiger partial charge in [-0.1, -0.05) is 36.4 Å². The Bertz CT molecular complexity index is 832. The van der Waals surface area contributed by atoms with Crippen LogP contribution in [-0.4, -0.2) is 15.9 Å². The number of para-hydroxylation sites is 2. The number of phenolic OH excluding ortho intramolecular Hbond substituents is 1. The van der Waals surface area contributed by atoms with Gasteiger partial charge in [-0.3, -0.25) is 9.78 Å². The van der Waals surface area contributed by atoms with E-state index in [4.69, 9.17) is 0 Å². The monoisotopic (exact) mass is 275 g/mol. The van der Waals surface area contributed by atoms with Crippen molar-refractivity contribution in [3.63, 3.8) is 0 Å². The van der Waals surface area contributed by atoms with Gasteiger partial charge in [-0.05, 0) is 35.9 Å². The van der Waals surface area contributed by atoms with Crippen LogP contribution in [0.4, 0.5) is 0 Å². The van der Waals surface area contributed by atoms with Gasteiger partial charge in [0.1, 0.15) is 5.75 Å². The highest BCUT2D eigenvalue weighted by molar-refractivity contribution is 6.09. The lowest BCUT2D eigenvalue weighted by atomic mass is 10.1. The molecule has 2 aromatic carbocycles. The lowest BCUT2D eigenvalue weighted by molar-refractivity contribution is 0.104. The van der Waals surface area contributed by atoms with E-state index >= 15 is 0 Å². The molecule has 0 atom stereocenters. The molecule has 0 amide bonds. The number of carbonyl (C=O) groups is 1. The summed E-state index contributed by atoms with van der Waals surface area (Å²) in [7, 11) is 0. The normalized spacial score (nSPS) is 11.0. The maximum Gasteiger partial charge on any atom is 0.189 e. The van der Waals surface area contributed by atoms with E-state index in [-0.39, 0.29) is 11.5 Å². The Morgan fingerprint density at radius 3 is 2.62 bits per heavy atom. The summed E-state index contributed by atoms with van der Waals surface area (Å²) < 4.78 is 0. The quantitative estimate of drug-likeness (QED) is 0.583. The van der Waals surface area contributed by atoms with Gasteiger partial charge >= 0.3 is 0 Å². The first kappa shape index (κ1) is 13.1. The number of hydrogen-bond acceptors (Lipinski definition) is 3. The molecular formula is C18H13NO2. The first-order valence-electron chi connectivity index (χ1n) is 6.60. The fourth-order valence-electron chi connectivity index (χ4n) is 2.20. The minimum atomic E-state index is -0.228. The van der Waals surface area contributed by atoms with E-state index in [1.165, 1.54) is 12.1 Å². The van der Waals surface area contributed by atoms with E-state index < -0.39 is 0 Å². The molecule has 0 saturated heterocycles. The van der Waals surface area contributed by atoms with E-state index in [1.54, 1.807) is 30.5 Å². The molecule has 1 aromatic heterocycles. The number of nitrogens with zero attached hydrogens (tertiary/aromatic N) is 1. The van der Waals surface area contributed by atoms with Gasteiger partial charge in [0, 0.05) is 11.6 Å². The summed E-state index contributed by atoms with van der Waals surface area (Å²) in [5.74, 6) is -0.235. The summed E-state index contributed by atoms with van der Waals surface area (Å²) in [6, 6.07) is 16.1. The number of aromatic nitrogens is 1. The van der Waals surface area contributed by atoms with Crippen LogP contribution in [0.25, 0.3) is 17.0 Å². The molecule has 3 rings (SSSR count). The lowest BCUT2D eigenvalue weighted by Gasteiger charge is -2.01. The van der Waals surface area contributed by atoms with Crippen LogP contribution in [0, 0.1) is 0 Å². The molecule has 0 radical (unpaired) electrons. The second-order valence-corrected chi connectivity index (χ2v) is 4.63. The SMILES string of the molecule is O=C(/C=C/c1ccnc2ccccc12)c1ccccc1O. The van der Waals surface area contributed by atoms with E-state index in [0.29, 0.717) is 5.56 Å². The fraction of sp³-hybridized carbons (Fsp3) is 0. The van der Waals surface area contributed by atoms with Crippen molar-refractivity contribution in [1.29, 1.82) is 0 Å². The van der Waals surface area contributed by atoms with Crippen LogP contribution in [0.2, 0.25) is 0 Å². The number of hydrogen-bond donors (Lipinski definition) is 1. The van der Waals surface area contributed by atoms with Crippen LogP contribution in [0.15, 0.2) is 66.9 Å². The Balaban J connectivity index is 1.95. The predicted octanol–water partition coefficient (Wildman–Crippen LogP) is 3.84. The first-order chi connectivity index (χ1) is 10.3. The van der Waals surface area contributed by atoms with Crippen molar-refractivity contribution in [3.8, 4) is 5.75 Å². The standard InChI is InChI=1S/C18H13NO2/c20-17-8-4-2-6-15(17)18(21)10-9-13-11-12-19-16-7-3-1-5-14(13)16/h1-12,20H/b10-9+. The van der Waals surface area contributed by atoms with Crippen molar-refractivity contribution in [2.75, 3.05) is 0 Å². The molecule has 0 saturated carbocycles. The number of carbonyl (C=O) groups excluding carboxylic acids is 1. The molecule has 0 aliphatic carbocycles. The molecule has 0 bridgehead atoms. The van der Waals surface area contributed by atoms with Crippen molar-refractivity contribution in [2.45, 2.75) is 0 Å². The largest absolute Gasteiger partial charge is 0.507 e. The zero-order valence-corrected chi connectivity index (χ0v) is 11.2. The van der Waals surface area contributed by atoms with Gasteiger partial charge in [0.05, 0.1) is 11.1 Å². The molecule has 3 nitrogen and oxygen atoms in total. The number of ketones is 1. The molecule has 21 heavy (non-hydrogen) atoms. The highest BCUT2D eigenvalue weighted by Gasteiger charge is 2.06. The predicted molar refractivity (Wildman–Crippen MR) is 83.2 cm³/mol. The molecule has 1 heterocycles. The van der Waals surface area contributed by atoms with Crippen molar-refractivity contribution < 1.29 is 9.90 Å². The van der Waals surface area contributed by atoms with Gasteiger partial charge in [0.25, 0.3) is 0 Å². The minimum Gasteiger partial charge on any atom is -0.507 e. The molecule has 0 aliphatic heterocycles. The highest BCUT2D eigenvalue weighted by Crippen LogP contribution is 2.20. The number of benzene rings is 2. The molecule has 3 heteroatoms. The Hall–Kier alpha value is -2.94. The summed E-state index contributed by atoms with van der Waals surface area (Å²) in [5, 5.41) is 10.7. The van der Waals surface area contributed by atoms with Crippen molar-refractivity contribution >= 4 is 22.8 Å². The zero-order chi connectivity index (χ0) is 14.7. The van der Waals surface area contributed by atoms with Gasteiger partial charge in [-0.25, -0.2) is 0 Å². The zero-order valence-electron chi connectivity index (χ0n) is 11.2. The smallest absolute Gasteiger partial charge is 0.189 e. The van der Waals surface area contributed by atoms with E-state index in [2.05, 4.69) is 4.98 Å². The maximum absolute atomic E-state index is 12.1. The average molecular weight is 275 g/mol. The Morgan fingerprint density at radius 1 is 1.00 bits per heavy atom. The third-order valence-corrected chi connectivity index (χ3v) is 3.27. The van der Waals surface area contributed by atoms with E-state index in [1.807, 2.05) is 30.3 Å². The summed E-state index contributed by atoms with van der Waals surface area (Å²) >= 11 is 0. The first-order valence-corrected chi connectivity index (χ1v) is 6.60. The number of aromatic hydroxyl groups is 1. The molecule has 102 valence electrons. The molecular weight excluding hydrogens is 262 g/mol. The van der Waals surface area contributed by atoms with Crippen LogP contribution in [0.3, 0.4) is 0 Å². The number of pyridine rings is 1. The average Bonchev–Trinajstić information content (AvgIpc) is 2.53. The molecule has 0 aliphatic rings. The third-order valence-electron chi connectivity index (χ3n) is 3.27. The summed E-state index contributed by atoms with van der Waals surface area (Å²) in [5.41, 5.74) is 2.10. The Kier molecular flexibility index (Phi) is 3.48. The van der Waals surface area contributed by atoms with Gasteiger partial charge in [-0.15, -0.1) is 0 Å². The van der Waals surface area contributed by atoms with Crippen LogP contribution in [0.1, 0.15) is 15.9 Å². The second-order valence-electron chi connectivity index (χ2n) is 4.63. The Labute approximate surface area is 122 Å². The number of fused-ring (bicyclic) bond motifs is 1. The third kappa shape index (κ3) is 2.67. The number of allylic oxidation sites excluding steroid dienone is 1. The molecule has 0 fully saturated rings. The molecule has 0 unspecified atom stereocenters. The van der Waals surface area contributed by atoms with Crippen LogP contribution in [0.5, 0.6) is 5.75 Å². The van der Waals surface area contributed by atoms with Gasteiger partial charge in [-0.2, -0.15) is 0 Å². The van der Waals surface area contributed by atoms with E-state index in [0.717, 1.165) is 16.5 Å². The summed E-state index contributed by atoms with van der Waals surface area (Å²) in [6.07, 6.45) is 4.93. The van der Waals surface area contributed by atoms with E-state index in [9.17, 15) is 9.90 Å². The van der Waals surface area contributed by atoms with Crippen LogP contribution in [-0.2, 0) is 0 Å². The molecule has 3 aromatic rings. The van der Waals surface area contributed by atoms with Crippen LogP contribution < -0.4 is 0 Å². The van der Waals surface area contributed by atoms with Gasteiger partial charge < -0.3 is 5.11 Å². The highest BCUT2D eigenvalue weighted by atomic mass is 16.3. The summed E-state index contributed by atoms with van der Waals surface area (Å²) in [6.45, 7) is 0. The van der Waals surface area contributed by atoms with Crippen molar-refractivity contribution in [3.05, 3.63) is 78.0 Å². The van der Waals surface area contributed by atoms with Crippen molar-refractivity contribution in [2.24, 2.45) is 0 Å². The van der Waals surface area contributed by atoms with Crippen molar-refractivity contribution in [1.82, 2.24) is 4.98 Å². The van der Waals surface area contributed by atoms with Gasteiger partial charge in [0.15, 0.2) is 5.78 Å². The maximum atomic E-state index is 12.1. The Morgan fingerprint density at radius 2 is 1.76 bits per heavy atom. The summed E-state index contributed by atoms with van der Waals surface area (Å²) in [4.78, 5) is 16.4. The van der Waals surface area contributed by atoms with Gasteiger partial charge in [0.2, 0.25) is 0 Å². The second kappa shape index (κ2) is 5.59. The van der Waals surface area contributed by atoms with Crippen LogP contribution >= 0.6 is 0 Å². The fourth-order valence-corrected chi connectivity index (χ4v) is 2.20. The molecule has 0 spiro atoms. The minimum absolute atomic E-state index is 0.00765. The number of rotatable bonds is 3. The number of phenols is 1. The lowest BCUT2D eigenvalue weighted by Crippen LogP contribution is -1.94. The molecule has 1 N–H and O–H groups in total. The topological polar surface area (TPSA) is 50.2 Å².